The third-order valence-corrected chi connectivity index (χ3v) is 2.31. The summed E-state index contributed by atoms with van der Waals surface area (Å²) in [5.41, 5.74) is 0.891. The van der Waals surface area contributed by atoms with Crippen LogP contribution in [0.25, 0.3) is 0 Å². The van der Waals surface area contributed by atoms with Crippen LogP contribution in [0.2, 0.25) is 5.02 Å². The van der Waals surface area contributed by atoms with Gasteiger partial charge in [-0.25, -0.2) is 0 Å². The monoisotopic (exact) mass is 185 g/mol. The van der Waals surface area contributed by atoms with Crippen molar-refractivity contribution >= 4 is 35.8 Å². The number of aliphatic imine (C=N–C) groups is 1. The second-order valence-corrected chi connectivity index (χ2v) is 3.26. The van der Waals surface area contributed by atoms with E-state index in [9.17, 15) is 0 Å². The van der Waals surface area contributed by atoms with Crippen molar-refractivity contribution < 1.29 is 0 Å². The van der Waals surface area contributed by atoms with Gasteiger partial charge in [-0.2, -0.15) is 0 Å². The number of nitrogens with zero attached hydrogens (tertiary/aromatic N) is 1. The minimum atomic E-state index is 0.738. The third kappa shape index (κ3) is 1.98. The van der Waals surface area contributed by atoms with Crippen LogP contribution >= 0.6 is 23.4 Å². The van der Waals surface area contributed by atoms with Gasteiger partial charge in [0.1, 0.15) is 0 Å². The molecule has 0 amide bonds. The highest BCUT2D eigenvalue weighted by molar-refractivity contribution is 7.98. The van der Waals surface area contributed by atoms with E-state index in [-0.39, 0.29) is 0 Å². The summed E-state index contributed by atoms with van der Waals surface area (Å²) in [6.07, 6.45) is 1.99. The van der Waals surface area contributed by atoms with Gasteiger partial charge in [-0.1, -0.05) is 11.6 Å². The first-order valence-electron chi connectivity index (χ1n) is 3.08. The van der Waals surface area contributed by atoms with E-state index in [2.05, 4.69) is 11.7 Å². The van der Waals surface area contributed by atoms with Crippen molar-refractivity contribution in [1.29, 1.82) is 0 Å². The lowest BCUT2D eigenvalue weighted by atomic mass is 10.3. The molecule has 0 atom stereocenters. The number of hydrogen-bond acceptors (Lipinski definition) is 2. The minimum absolute atomic E-state index is 0.738. The molecule has 0 saturated heterocycles. The predicted octanol–water partition coefficient (Wildman–Crippen LogP) is 3.39. The van der Waals surface area contributed by atoms with E-state index < -0.39 is 0 Å². The Balaban J connectivity index is 3.16. The lowest BCUT2D eigenvalue weighted by Crippen LogP contribution is -1.71. The van der Waals surface area contributed by atoms with Gasteiger partial charge < -0.3 is 0 Å². The Kier molecular flexibility index (Phi) is 2.97. The molecular formula is C8H8ClNS. The van der Waals surface area contributed by atoms with E-state index in [0.717, 1.165) is 15.6 Å². The van der Waals surface area contributed by atoms with Crippen molar-refractivity contribution in [1.82, 2.24) is 0 Å². The first-order chi connectivity index (χ1) is 5.27. The molecule has 1 rings (SSSR count). The van der Waals surface area contributed by atoms with Crippen LogP contribution in [0, 0.1) is 0 Å². The van der Waals surface area contributed by atoms with Crippen molar-refractivity contribution in [2.75, 3.05) is 6.26 Å². The maximum Gasteiger partial charge on any atom is 0.0759 e. The maximum absolute atomic E-state index is 5.78. The van der Waals surface area contributed by atoms with Crippen molar-refractivity contribution in [3.63, 3.8) is 0 Å². The van der Waals surface area contributed by atoms with Crippen molar-refractivity contribution in [2.24, 2.45) is 4.99 Å². The van der Waals surface area contributed by atoms with E-state index in [0.29, 0.717) is 0 Å². The van der Waals surface area contributed by atoms with E-state index in [4.69, 9.17) is 11.6 Å². The number of rotatable bonds is 2. The maximum atomic E-state index is 5.78. The molecule has 0 saturated carbocycles. The Morgan fingerprint density at radius 3 is 2.82 bits per heavy atom. The summed E-state index contributed by atoms with van der Waals surface area (Å²) < 4.78 is 0. The summed E-state index contributed by atoms with van der Waals surface area (Å²) in [5.74, 6) is 0. The highest BCUT2D eigenvalue weighted by Gasteiger charge is 1.98. The van der Waals surface area contributed by atoms with E-state index >= 15 is 0 Å². The number of hydrogen-bond donors (Lipinski definition) is 0. The standard InChI is InChI=1S/C8H8ClNS/c1-10-7-4-3-6(9)5-8(7)11-2/h3-5H,1H2,2H3. The van der Waals surface area contributed by atoms with E-state index in [1.807, 2.05) is 24.5 Å². The predicted molar refractivity (Wildman–Crippen MR) is 52.4 cm³/mol. The van der Waals surface area contributed by atoms with Crippen molar-refractivity contribution in [3.8, 4) is 0 Å². The van der Waals surface area contributed by atoms with Gasteiger partial charge in [0.15, 0.2) is 0 Å². The van der Waals surface area contributed by atoms with Crippen LogP contribution < -0.4 is 0 Å². The molecule has 0 aliphatic rings. The zero-order valence-electron chi connectivity index (χ0n) is 6.17. The van der Waals surface area contributed by atoms with Gasteiger partial charge in [-0.15, -0.1) is 11.8 Å². The molecule has 0 aromatic heterocycles. The average Bonchev–Trinajstić information content (AvgIpc) is 2.04. The van der Waals surface area contributed by atoms with Crippen LogP contribution in [-0.4, -0.2) is 13.0 Å². The van der Waals surface area contributed by atoms with Crippen LogP contribution in [0.4, 0.5) is 5.69 Å². The molecule has 0 N–H and O–H groups in total. The molecule has 1 aromatic rings. The summed E-state index contributed by atoms with van der Waals surface area (Å²) in [4.78, 5) is 4.92. The smallest absolute Gasteiger partial charge is 0.0759 e. The Labute approximate surface area is 75.5 Å². The Morgan fingerprint density at radius 2 is 2.27 bits per heavy atom. The summed E-state index contributed by atoms with van der Waals surface area (Å²) in [6, 6.07) is 5.56. The molecule has 0 heterocycles. The zero-order chi connectivity index (χ0) is 8.27. The lowest BCUT2D eigenvalue weighted by Gasteiger charge is -2.00. The van der Waals surface area contributed by atoms with Gasteiger partial charge in [0.25, 0.3) is 0 Å². The molecular weight excluding hydrogens is 178 g/mol. The van der Waals surface area contributed by atoms with Crippen molar-refractivity contribution in [3.05, 3.63) is 23.2 Å². The Bertz CT molecular complexity index is 273. The van der Waals surface area contributed by atoms with Gasteiger partial charge in [-0.05, 0) is 31.2 Å². The topological polar surface area (TPSA) is 12.4 Å². The highest BCUT2D eigenvalue weighted by atomic mass is 35.5. The van der Waals surface area contributed by atoms with E-state index in [1.165, 1.54) is 0 Å². The SMILES string of the molecule is C=Nc1ccc(Cl)cc1SC. The van der Waals surface area contributed by atoms with Crippen LogP contribution in [0.15, 0.2) is 28.1 Å². The fourth-order valence-electron chi connectivity index (χ4n) is 0.782. The molecule has 0 radical (unpaired) electrons. The molecule has 11 heavy (non-hydrogen) atoms. The molecule has 1 aromatic carbocycles. The highest BCUT2D eigenvalue weighted by Crippen LogP contribution is 2.29. The summed E-state index contributed by atoms with van der Waals surface area (Å²) in [7, 11) is 0. The zero-order valence-corrected chi connectivity index (χ0v) is 7.75. The van der Waals surface area contributed by atoms with Crippen LogP contribution in [0.5, 0.6) is 0 Å². The molecule has 0 aliphatic carbocycles. The Hall–Kier alpha value is -0.470. The average molecular weight is 186 g/mol. The van der Waals surface area contributed by atoms with Gasteiger partial charge >= 0.3 is 0 Å². The second-order valence-electron chi connectivity index (χ2n) is 1.97. The normalized spacial score (nSPS) is 9.64. The fourth-order valence-corrected chi connectivity index (χ4v) is 1.61. The van der Waals surface area contributed by atoms with Gasteiger partial charge in [0, 0.05) is 9.92 Å². The molecule has 1 nitrogen and oxygen atoms in total. The quantitative estimate of drug-likeness (QED) is 0.508. The van der Waals surface area contributed by atoms with Gasteiger partial charge in [0.2, 0.25) is 0 Å². The number of benzene rings is 1. The first kappa shape index (κ1) is 8.62. The molecule has 0 fully saturated rings. The van der Waals surface area contributed by atoms with Crippen LogP contribution in [-0.2, 0) is 0 Å². The summed E-state index contributed by atoms with van der Waals surface area (Å²) >= 11 is 7.39. The lowest BCUT2D eigenvalue weighted by molar-refractivity contribution is 1.39. The third-order valence-electron chi connectivity index (χ3n) is 1.31. The number of thioether (sulfide) groups is 1. The number of halogens is 1. The van der Waals surface area contributed by atoms with Gasteiger partial charge in [0.05, 0.1) is 5.69 Å². The molecule has 3 heteroatoms. The van der Waals surface area contributed by atoms with Crippen molar-refractivity contribution in [2.45, 2.75) is 4.90 Å². The second kappa shape index (κ2) is 3.79. The Morgan fingerprint density at radius 1 is 1.55 bits per heavy atom. The molecule has 58 valence electrons. The molecule has 0 aliphatic heterocycles. The van der Waals surface area contributed by atoms with Crippen LogP contribution in [0.1, 0.15) is 0 Å². The molecule has 0 spiro atoms. The van der Waals surface area contributed by atoms with Crippen LogP contribution in [0.3, 0.4) is 0 Å². The summed E-state index contributed by atoms with van der Waals surface area (Å²) in [6.45, 7) is 3.46. The van der Waals surface area contributed by atoms with E-state index in [1.54, 1.807) is 11.8 Å². The molecule has 0 bridgehead atoms. The summed E-state index contributed by atoms with van der Waals surface area (Å²) in [5, 5.41) is 0.738. The first-order valence-corrected chi connectivity index (χ1v) is 4.68. The fraction of sp³-hybridized carbons (Fsp3) is 0.125. The van der Waals surface area contributed by atoms with Gasteiger partial charge in [-0.3, -0.25) is 4.99 Å². The largest absolute Gasteiger partial charge is 0.263 e. The molecule has 0 unspecified atom stereocenters. The minimum Gasteiger partial charge on any atom is -0.263 e.